The van der Waals surface area contributed by atoms with Crippen molar-refractivity contribution < 1.29 is 8.42 Å². The van der Waals surface area contributed by atoms with E-state index in [0.29, 0.717) is 25.6 Å². The lowest BCUT2D eigenvalue weighted by atomic mass is 9.99. The maximum Gasteiger partial charge on any atom is 0.214 e. The van der Waals surface area contributed by atoms with Gasteiger partial charge in [0.1, 0.15) is 0 Å². The molecule has 0 amide bonds. The van der Waals surface area contributed by atoms with Crippen LogP contribution in [-0.4, -0.2) is 68.6 Å². The molecule has 1 aromatic rings. The van der Waals surface area contributed by atoms with E-state index in [0.717, 1.165) is 38.4 Å². The van der Waals surface area contributed by atoms with Gasteiger partial charge in [0.2, 0.25) is 10.0 Å². The SMILES string of the molecule is CCNC(=NCCN1CCCS1(=O)=O)N1CCC(c2ccccc2)C1.I. The molecule has 2 heterocycles. The van der Waals surface area contributed by atoms with Gasteiger partial charge in [-0.2, -0.15) is 0 Å². The number of sulfonamides is 1. The predicted molar refractivity (Wildman–Crippen MR) is 117 cm³/mol. The highest BCUT2D eigenvalue weighted by Crippen LogP contribution is 2.26. The minimum absolute atomic E-state index is 0. The van der Waals surface area contributed by atoms with E-state index in [-0.39, 0.29) is 29.7 Å². The molecule has 2 aliphatic rings. The first-order valence-electron chi connectivity index (χ1n) is 9.16. The van der Waals surface area contributed by atoms with Gasteiger partial charge in [-0.3, -0.25) is 4.99 Å². The molecule has 0 bridgehead atoms. The summed E-state index contributed by atoms with van der Waals surface area (Å²) < 4.78 is 25.3. The van der Waals surface area contributed by atoms with E-state index in [1.807, 2.05) is 6.07 Å². The summed E-state index contributed by atoms with van der Waals surface area (Å²) in [4.78, 5) is 6.97. The van der Waals surface area contributed by atoms with Crippen molar-refractivity contribution in [1.82, 2.24) is 14.5 Å². The summed E-state index contributed by atoms with van der Waals surface area (Å²) in [5.74, 6) is 1.71. The highest BCUT2D eigenvalue weighted by Gasteiger charge is 2.28. The first-order valence-corrected chi connectivity index (χ1v) is 10.8. The van der Waals surface area contributed by atoms with Gasteiger partial charge < -0.3 is 10.2 Å². The Morgan fingerprint density at radius 3 is 2.69 bits per heavy atom. The Bertz CT molecular complexity index is 696. The zero-order valence-corrected chi connectivity index (χ0v) is 18.4. The van der Waals surface area contributed by atoms with Gasteiger partial charge in [-0.25, -0.2) is 12.7 Å². The lowest BCUT2D eigenvalue weighted by Crippen LogP contribution is -2.40. The molecule has 1 atom stereocenters. The average Bonchev–Trinajstić information content (AvgIpc) is 3.22. The fraction of sp³-hybridized carbons (Fsp3) is 0.611. The van der Waals surface area contributed by atoms with E-state index in [4.69, 9.17) is 0 Å². The Balaban J connectivity index is 0.00000243. The molecule has 2 fully saturated rings. The second-order valence-corrected chi connectivity index (χ2v) is 8.74. The highest BCUT2D eigenvalue weighted by molar-refractivity contribution is 14.0. The normalized spacial score (nSPS) is 23.0. The van der Waals surface area contributed by atoms with Crippen molar-refractivity contribution in [3.63, 3.8) is 0 Å². The summed E-state index contributed by atoms with van der Waals surface area (Å²) in [6, 6.07) is 10.6. The van der Waals surface area contributed by atoms with Gasteiger partial charge in [0.15, 0.2) is 5.96 Å². The van der Waals surface area contributed by atoms with Crippen LogP contribution < -0.4 is 5.32 Å². The molecule has 2 saturated heterocycles. The molecule has 1 unspecified atom stereocenters. The maximum absolute atomic E-state index is 11.9. The molecule has 8 heteroatoms. The Morgan fingerprint density at radius 1 is 1.27 bits per heavy atom. The average molecular weight is 492 g/mol. The summed E-state index contributed by atoms with van der Waals surface area (Å²) in [5, 5.41) is 3.35. The number of rotatable bonds is 5. The van der Waals surface area contributed by atoms with Crippen molar-refractivity contribution in [3.8, 4) is 0 Å². The predicted octanol–water partition coefficient (Wildman–Crippen LogP) is 2.09. The van der Waals surface area contributed by atoms with Crippen molar-refractivity contribution >= 4 is 40.0 Å². The summed E-state index contributed by atoms with van der Waals surface area (Å²) in [7, 11) is -3.03. The minimum atomic E-state index is -3.03. The van der Waals surface area contributed by atoms with Crippen molar-refractivity contribution in [2.75, 3.05) is 45.0 Å². The lowest BCUT2D eigenvalue weighted by molar-refractivity contribution is 0.446. The standard InChI is InChI=1S/C18H28N4O2S.HI/c1-2-19-18(20-10-13-22-11-6-14-25(22,23)24)21-12-9-17(15-21)16-7-4-3-5-8-16;/h3-5,7-8,17H,2,6,9-15H2,1H3,(H,19,20);1H. The second-order valence-electron chi connectivity index (χ2n) is 6.65. The fourth-order valence-corrected chi connectivity index (χ4v) is 5.10. The summed E-state index contributed by atoms with van der Waals surface area (Å²) in [6.07, 6.45) is 1.85. The van der Waals surface area contributed by atoms with E-state index < -0.39 is 10.0 Å². The third kappa shape index (κ3) is 5.32. The lowest BCUT2D eigenvalue weighted by Gasteiger charge is -2.22. The van der Waals surface area contributed by atoms with Crippen LogP contribution in [0.25, 0.3) is 0 Å². The molecule has 0 spiro atoms. The van der Waals surface area contributed by atoms with Crippen LogP contribution in [0.4, 0.5) is 0 Å². The highest BCUT2D eigenvalue weighted by atomic mass is 127. The molecule has 146 valence electrons. The molecule has 1 aromatic carbocycles. The van der Waals surface area contributed by atoms with E-state index >= 15 is 0 Å². The zero-order chi connectivity index (χ0) is 17.7. The topological polar surface area (TPSA) is 65.0 Å². The van der Waals surface area contributed by atoms with E-state index in [1.54, 1.807) is 4.31 Å². The van der Waals surface area contributed by atoms with Gasteiger partial charge in [-0.05, 0) is 25.3 Å². The van der Waals surface area contributed by atoms with Crippen LogP contribution in [0.5, 0.6) is 0 Å². The van der Waals surface area contributed by atoms with Crippen molar-refractivity contribution in [2.45, 2.75) is 25.7 Å². The molecular weight excluding hydrogens is 463 g/mol. The minimum Gasteiger partial charge on any atom is -0.357 e. The van der Waals surface area contributed by atoms with Crippen LogP contribution in [0, 0.1) is 0 Å². The molecule has 26 heavy (non-hydrogen) atoms. The quantitative estimate of drug-likeness (QED) is 0.389. The van der Waals surface area contributed by atoms with E-state index in [2.05, 4.69) is 46.4 Å². The number of hydrogen-bond donors (Lipinski definition) is 1. The van der Waals surface area contributed by atoms with Crippen LogP contribution in [-0.2, 0) is 10.0 Å². The number of halogens is 1. The van der Waals surface area contributed by atoms with Crippen LogP contribution >= 0.6 is 24.0 Å². The van der Waals surface area contributed by atoms with Crippen LogP contribution in [0.3, 0.4) is 0 Å². The number of hydrogen-bond acceptors (Lipinski definition) is 3. The molecular formula is C18H29IN4O2S. The van der Waals surface area contributed by atoms with Gasteiger partial charge in [-0.15, -0.1) is 24.0 Å². The van der Waals surface area contributed by atoms with Crippen molar-refractivity contribution in [1.29, 1.82) is 0 Å². The molecule has 1 N–H and O–H groups in total. The van der Waals surface area contributed by atoms with Crippen molar-refractivity contribution in [3.05, 3.63) is 35.9 Å². The fourth-order valence-electron chi connectivity index (χ4n) is 3.59. The monoisotopic (exact) mass is 492 g/mol. The molecule has 2 aliphatic heterocycles. The largest absolute Gasteiger partial charge is 0.357 e. The number of nitrogens with one attached hydrogen (secondary N) is 1. The van der Waals surface area contributed by atoms with Crippen LogP contribution in [0.1, 0.15) is 31.2 Å². The van der Waals surface area contributed by atoms with E-state index in [9.17, 15) is 8.42 Å². The molecule has 6 nitrogen and oxygen atoms in total. The number of likely N-dealkylation sites (tertiary alicyclic amines) is 1. The molecule has 0 aliphatic carbocycles. The zero-order valence-electron chi connectivity index (χ0n) is 15.3. The number of guanidine groups is 1. The van der Waals surface area contributed by atoms with Gasteiger partial charge >= 0.3 is 0 Å². The van der Waals surface area contributed by atoms with Gasteiger partial charge in [-0.1, -0.05) is 30.3 Å². The van der Waals surface area contributed by atoms with Gasteiger partial charge in [0, 0.05) is 38.6 Å². The number of nitrogens with zero attached hydrogens (tertiary/aromatic N) is 3. The summed E-state index contributed by atoms with van der Waals surface area (Å²) >= 11 is 0. The Morgan fingerprint density at radius 2 is 2.04 bits per heavy atom. The number of aliphatic imine (C=N–C) groups is 1. The second kappa shape index (κ2) is 9.89. The van der Waals surface area contributed by atoms with Gasteiger partial charge in [0.05, 0.1) is 12.3 Å². The van der Waals surface area contributed by atoms with Crippen LogP contribution in [0.15, 0.2) is 35.3 Å². The maximum atomic E-state index is 11.9. The Kier molecular flexibility index (Phi) is 8.15. The third-order valence-corrected chi connectivity index (χ3v) is 6.86. The smallest absolute Gasteiger partial charge is 0.214 e. The molecule has 0 aromatic heterocycles. The third-order valence-electron chi connectivity index (χ3n) is 4.91. The molecule has 3 rings (SSSR count). The van der Waals surface area contributed by atoms with Crippen LogP contribution in [0.2, 0.25) is 0 Å². The first kappa shape index (κ1) is 21.4. The first-order chi connectivity index (χ1) is 12.1. The number of benzene rings is 1. The summed E-state index contributed by atoms with van der Waals surface area (Å²) in [6.45, 7) is 6.43. The molecule has 0 radical (unpaired) electrons. The van der Waals surface area contributed by atoms with E-state index in [1.165, 1.54) is 5.56 Å². The van der Waals surface area contributed by atoms with Gasteiger partial charge in [0.25, 0.3) is 0 Å². The molecule has 0 saturated carbocycles. The Hall–Kier alpha value is -0.870. The van der Waals surface area contributed by atoms with Crippen molar-refractivity contribution in [2.24, 2.45) is 4.99 Å². The Labute approximate surface area is 174 Å². The summed E-state index contributed by atoms with van der Waals surface area (Å²) in [5.41, 5.74) is 1.38.